The highest BCUT2D eigenvalue weighted by atomic mass is 35.5. The van der Waals surface area contributed by atoms with E-state index < -0.39 is 0 Å². The van der Waals surface area contributed by atoms with E-state index in [4.69, 9.17) is 22.1 Å². The fourth-order valence-electron chi connectivity index (χ4n) is 2.67. The van der Waals surface area contributed by atoms with Crippen LogP contribution in [0.3, 0.4) is 0 Å². The van der Waals surface area contributed by atoms with Crippen molar-refractivity contribution in [2.45, 2.75) is 25.5 Å². The van der Waals surface area contributed by atoms with Crippen molar-refractivity contribution in [3.8, 4) is 5.75 Å². The van der Waals surface area contributed by atoms with Gasteiger partial charge in [0.05, 0.1) is 11.2 Å². The molecule has 2 heterocycles. The first-order valence-electron chi connectivity index (χ1n) is 7.65. The summed E-state index contributed by atoms with van der Waals surface area (Å²) in [5.41, 5.74) is 6.88. The predicted octanol–water partition coefficient (Wildman–Crippen LogP) is 3.38. The zero-order chi connectivity index (χ0) is 16.2. The minimum atomic E-state index is -0.262. The topological polar surface area (TPSA) is 51.4 Å². The summed E-state index contributed by atoms with van der Waals surface area (Å²) in [5.74, 6) is 1.07. The summed E-state index contributed by atoms with van der Waals surface area (Å²) in [6, 6.07) is 8.12. The molecule has 0 saturated carbocycles. The minimum absolute atomic E-state index is 0.163. The number of nitrogens with two attached hydrogens (primary N) is 1. The van der Waals surface area contributed by atoms with Crippen LogP contribution in [0.5, 0.6) is 5.75 Å². The highest BCUT2D eigenvalue weighted by Gasteiger charge is 2.20. The summed E-state index contributed by atoms with van der Waals surface area (Å²) in [5, 5.41) is 0.552. The van der Waals surface area contributed by atoms with E-state index in [-0.39, 0.29) is 11.9 Å². The van der Waals surface area contributed by atoms with Gasteiger partial charge in [0.1, 0.15) is 24.0 Å². The Morgan fingerprint density at radius 1 is 1.35 bits per heavy atom. The average Bonchev–Trinajstić information content (AvgIpc) is 2.54. The van der Waals surface area contributed by atoms with E-state index in [2.05, 4.69) is 9.88 Å². The van der Waals surface area contributed by atoms with Crippen LogP contribution in [0.1, 0.15) is 18.4 Å². The molecule has 2 N–H and O–H groups in total. The van der Waals surface area contributed by atoms with Crippen LogP contribution in [0.2, 0.25) is 5.02 Å². The number of hydrogen-bond donors (Lipinski definition) is 1. The van der Waals surface area contributed by atoms with E-state index in [9.17, 15) is 4.39 Å². The quantitative estimate of drug-likeness (QED) is 0.930. The molecule has 0 amide bonds. The van der Waals surface area contributed by atoms with Gasteiger partial charge in [0.15, 0.2) is 0 Å². The number of anilines is 1. The number of pyridine rings is 1. The highest BCUT2D eigenvalue weighted by Crippen LogP contribution is 2.29. The summed E-state index contributed by atoms with van der Waals surface area (Å²) in [6.45, 7) is 2.02. The van der Waals surface area contributed by atoms with Crippen LogP contribution in [-0.2, 0) is 6.61 Å². The van der Waals surface area contributed by atoms with Gasteiger partial charge in [-0.25, -0.2) is 9.37 Å². The van der Waals surface area contributed by atoms with Crippen LogP contribution in [-0.4, -0.2) is 24.1 Å². The molecule has 2 aromatic rings. The van der Waals surface area contributed by atoms with Crippen LogP contribution in [0.15, 0.2) is 36.5 Å². The van der Waals surface area contributed by atoms with Crippen molar-refractivity contribution in [2.75, 3.05) is 18.0 Å². The number of aromatic nitrogens is 1. The van der Waals surface area contributed by atoms with Gasteiger partial charge < -0.3 is 15.4 Å². The number of halogens is 2. The van der Waals surface area contributed by atoms with Crippen molar-refractivity contribution >= 4 is 17.4 Å². The number of rotatable bonds is 4. The standard InChI is InChI=1S/C17H19ClFN3O/c18-16-8-15(23-11-12-3-5-13(19)6-4-12)9-21-17(16)22-7-1-2-14(20)10-22/h3-6,8-9,14H,1-2,7,10-11,20H2. The monoisotopic (exact) mass is 335 g/mol. The van der Waals surface area contributed by atoms with Crippen LogP contribution >= 0.6 is 11.6 Å². The van der Waals surface area contributed by atoms with Gasteiger partial charge in [-0.3, -0.25) is 0 Å². The molecular weight excluding hydrogens is 317 g/mol. The van der Waals surface area contributed by atoms with Gasteiger partial charge in [-0.05, 0) is 30.5 Å². The molecule has 0 radical (unpaired) electrons. The number of ether oxygens (including phenoxy) is 1. The molecule has 1 aliphatic heterocycles. The minimum Gasteiger partial charge on any atom is -0.487 e. The van der Waals surface area contributed by atoms with Crippen molar-refractivity contribution in [1.82, 2.24) is 4.98 Å². The Morgan fingerprint density at radius 3 is 2.83 bits per heavy atom. The van der Waals surface area contributed by atoms with Crippen molar-refractivity contribution in [2.24, 2.45) is 5.73 Å². The van der Waals surface area contributed by atoms with Crippen molar-refractivity contribution in [3.05, 3.63) is 52.9 Å². The van der Waals surface area contributed by atoms with E-state index in [0.29, 0.717) is 17.4 Å². The second-order valence-corrected chi connectivity index (χ2v) is 6.15. The molecule has 1 saturated heterocycles. The molecule has 3 rings (SSSR count). The third kappa shape index (κ3) is 4.12. The number of nitrogens with zero attached hydrogens (tertiary/aromatic N) is 2. The van der Waals surface area contributed by atoms with Gasteiger partial charge in [0.25, 0.3) is 0 Å². The van der Waals surface area contributed by atoms with Crippen LogP contribution in [0.25, 0.3) is 0 Å². The van der Waals surface area contributed by atoms with E-state index in [0.717, 1.165) is 37.3 Å². The summed E-state index contributed by atoms with van der Waals surface area (Å²) in [7, 11) is 0. The second kappa shape index (κ2) is 7.15. The van der Waals surface area contributed by atoms with Gasteiger partial charge >= 0.3 is 0 Å². The Bertz CT molecular complexity index is 665. The first-order chi connectivity index (χ1) is 11.1. The van der Waals surface area contributed by atoms with Crippen LogP contribution in [0.4, 0.5) is 10.2 Å². The summed E-state index contributed by atoms with van der Waals surface area (Å²) in [6.07, 6.45) is 3.74. The molecule has 0 bridgehead atoms. The van der Waals surface area contributed by atoms with Gasteiger partial charge in [-0.15, -0.1) is 0 Å². The maximum absolute atomic E-state index is 12.9. The molecule has 1 aromatic heterocycles. The molecule has 1 unspecified atom stereocenters. The third-order valence-electron chi connectivity index (χ3n) is 3.87. The maximum Gasteiger partial charge on any atom is 0.147 e. The molecule has 0 aliphatic carbocycles. The zero-order valence-corrected chi connectivity index (χ0v) is 13.5. The Hall–Kier alpha value is -1.85. The normalized spacial score (nSPS) is 18.0. The van der Waals surface area contributed by atoms with E-state index >= 15 is 0 Å². The number of hydrogen-bond acceptors (Lipinski definition) is 4. The molecule has 4 nitrogen and oxygen atoms in total. The first-order valence-corrected chi connectivity index (χ1v) is 8.03. The molecule has 122 valence electrons. The second-order valence-electron chi connectivity index (χ2n) is 5.74. The Kier molecular flexibility index (Phi) is 4.98. The van der Waals surface area contributed by atoms with Gasteiger partial charge in [0, 0.05) is 25.2 Å². The lowest BCUT2D eigenvalue weighted by atomic mass is 10.1. The SMILES string of the molecule is NC1CCCN(c2ncc(OCc3ccc(F)cc3)cc2Cl)C1. The van der Waals surface area contributed by atoms with Gasteiger partial charge in [0.2, 0.25) is 0 Å². The average molecular weight is 336 g/mol. The van der Waals surface area contributed by atoms with E-state index in [1.807, 2.05) is 0 Å². The highest BCUT2D eigenvalue weighted by molar-refractivity contribution is 6.33. The molecule has 0 spiro atoms. The molecule has 1 atom stereocenters. The van der Waals surface area contributed by atoms with Gasteiger partial charge in [-0.1, -0.05) is 23.7 Å². The first kappa shape index (κ1) is 16.0. The van der Waals surface area contributed by atoms with Crippen molar-refractivity contribution < 1.29 is 9.13 Å². The lowest BCUT2D eigenvalue weighted by Crippen LogP contribution is -2.43. The Morgan fingerprint density at radius 2 is 2.13 bits per heavy atom. The van der Waals surface area contributed by atoms with Crippen LogP contribution in [0, 0.1) is 5.82 Å². The zero-order valence-electron chi connectivity index (χ0n) is 12.7. The molecule has 1 fully saturated rings. The summed E-state index contributed by atoms with van der Waals surface area (Å²) >= 11 is 6.34. The van der Waals surface area contributed by atoms with E-state index in [1.165, 1.54) is 12.1 Å². The Labute approximate surface area is 140 Å². The smallest absolute Gasteiger partial charge is 0.147 e. The molecule has 6 heteroatoms. The Balaban J connectivity index is 1.65. The molecule has 1 aliphatic rings. The predicted molar refractivity (Wildman–Crippen MR) is 89.4 cm³/mol. The van der Waals surface area contributed by atoms with Crippen LogP contribution < -0.4 is 15.4 Å². The number of benzene rings is 1. The van der Waals surface area contributed by atoms with Gasteiger partial charge in [-0.2, -0.15) is 0 Å². The van der Waals surface area contributed by atoms with Crippen molar-refractivity contribution in [3.63, 3.8) is 0 Å². The molecular formula is C17H19ClFN3O. The lowest BCUT2D eigenvalue weighted by molar-refractivity contribution is 0.305. The maximum atomic E-state index is 12.9. The largest absolute Gasteiger partial charge is 0.487 e. The van der Waals surface area contributed by atoms with E-state index in [1.54, 1.807) is 24.4 Å². The lowest BCUT2D eigenvalue weighted by Gasteiger charge is -2.32. The summed E-state index contributed by atoms with van der Waals surface area (Å²) in [4.78, 5) is 6.53. The fourth-order valence-corrected chi connectivity index (χ4v) is 2.95. The number of piperidine rings is 1. The van der Waals surface area contributed by atoms with Crippen molar-refractivity contribution in [1.29, 1.82) is 0 Å². The molecule has 1 aromatic carbocycles. The fraction of sp³-hybridized carbons (Fsp3) is 0.353. The summed E-state index contributed by atoms with van der Waals surface area (Å²) < 4.78 is 18.5. The molecule has 23 heavy (non-hydrogen) atoms. The third-order valence-corrected chi connectivity index (χ3v) is 4.15.